The normalized spacial score (nSPS) is 22.8. The number of amides is 1. The second kappa shape index (κ2) is 5.58. The van der Waals surface area contributed by atoms with E-state index in [1.54, 1.807) is 6.07 Å². The predicted octanol–water partition coefficient (Wildman–Crippen LogP) is 4.07. The minimum Gasteiger partial charge on any atom is -0.444 e. The van der Waals surface area contributed by atoms with Crippen molar-refractivity contribution in [2.75, 3.05) is 0 Å². The molecule has 1 amide bonds. The molecular weight excluding hydrogens is 283 g/mol. The van der Waals surface area contributed by atoms with Crippen molar-refractivity contribution < 1.29 is 22.7 Å². The molecule has 116 valence electrons. The van der Waals surface area contributed by atoms with Crippen molar-refractivity contribution in [1.29, 1.82) is 0 Å². The lowest BCUT2D eigenvalue weighted by Crippen LogP contribution is -2.35. The van der Waals surface area contributed by atoms with Gasteiger partial charge in [0.05, 0.1) is 11.6 Å². The number of halogens is 3. The van der Waals surface area contributed by atoms with Gasteiger partial charge in [0.15, 0.2) is 0 Å². The molecule has 6 heteroatoms. The molecule has 3 nitrogen and oxygen atoms in total. The van der Waals surface area contributed by atoms with E-state index >= 15 is 0 Å². The van der Waals surface area contributed by atoms with Gasteiger partial charge in [-0.2, -0.15) is 13.2 Å². The lowest BCUT2D eigenvalue weighted by molar-refractivity contribution is -0.137. The van der Waals surface area contributed by atoms with Crippen molar-refractivity contribution in [3.63, 3.8) is 0 Å². The van der Waals surface area contributed by atoms with Gasteiger partial charge >= 0.3 is 12.3 Å². The van der Waals surface area contributed by atoms with Crippen LogP contribution >= 0.6 is 0 Å². The van der Waals surface area contributed by atoms with Gasteiger partial charge < -0.3 is 4.74 Å². The van der Waals surface area contributed by atoms with E-state index in [1.807, 2.05) is 20.8 Å². The molecule has 1 aliphatic rings. The van der Waals surface area contributed by atoms with E-state index in [9.17, 15) is 18.0 Å². The Hall–Kier alpha value is -1.72. The molecule has 0 aromatic heterocycles. The van der Waals surface area contributed by atoms with Crippen LogP contribution in [0.15, 0.2) is 24.3 Å². The first kappa shape index (κ1) is 15.7. The van der Waals surface area contributed by atoms with Crippen LogP contribution in [-0.4, -0.2) is 23.1 Å². The maximum absolute atomic E-state index is 12.7. The minimum atomic E-state index is -4.38. The molecule has 2 rings (SSSR count). The average molecular weight is 301 g/mol. The highest BCUT2D eigenvalue weighted by Crippen LogP contribution is 2.31. The number of hydrogen-bond donors (Lipinski definition) is 0. The van der Waals surface area contributed by atoms with Crippen LogP contribution < -0.4 is 0 Å². The fourth-order valence-electron chi connectivity index (χ4n) is 2.57. The smallest absolute Gasteiger partial charge is 0.416 e. The Morgan fingerprint density at radius 2 is 2.00 bits per heavy atom. The van der Waals surface area contributed by atoms with Crippen molar-refractivity contribution in [1.82, 2.24) is 4.90 Å². The first-order chi connectivity index (χ1) is 9.70. The zero-order chi connectivity index (χ0) is 15.8. The van der Waals surface area contributed by atoms with Gasteiger partial charge in [-0.3, -0.25) is 4.90 Å². The summed E-state index contributed by atoms with van der Waals surface area (Å²) in [6, 6.07) is 4.86. The van der Waals surface area contributed by atoms with E-state index < -0.39 is 17.8 Å². The highest BCUT2D eigenvalue weighted by Gasteiger charge is 2.40. The molecular formula is C15H18F3NO2. The number of carbonyl (C=O) groups excluding carboxylic acids is 1. The van der Waals surface area contributed by atoms with Gasteiger partial charge in [0.1, 0.15) is 6.10 Å². The summed E-state index contributed by atoms with van der Waals surface area (Å²) in [6.07, 6.45) is -5.09. The summed E-state index contributed by atoms with van der Waals surface area (Å²) in [5.74, 6) is 0.162. The summed E-state index contributed by atoms with van der Waals surface area (Å²) in [6.45, 7) is 5.86. The van der Waals surface area contributed by atoms with E-state index in [-0.39, 0.29) is 24.6 Å². The van der Waals surface area contributed by atoms with Crippen LogP contribution in [0.5, 0.6) is 0 Å². The molecule has 0 bridgehead atoms. The number of rotatable bonds is 3. The summed E-state index contributed by atoms with van der Waals surface area (Å²) in [5.41, 5.74) is -0.265. The van der Waals surface area contributed by atoms with Crippen LogP contribution in [0.4, 0.5) is 18.0 Å². The number of cyclic esters (lactones) is 1. The lowest BCUT2D eigenvalue weighted by Gasteiger charge is -2.22. The molecule has 0 spiro atoms. The molecule has 1 saturated heterocycles. The van der Waals surface area contributed by atoms with Crippen LogP contribution in [0.2, 0.25) is 0 Å². The molecule has 1 unspecified atom stereocenters. The van der Waals surface area contributed by atoms with Gasteiger partial charge in [-0.25, -0.2) is 4.79 Å². The number of nitrogens with zero attached hydrogens (tertiary/aromatic N) is 1. The third-order valence-corrected chi connectivity index (χ3v) is 3.70. The van der Waals surface area contributed by atoms with E-state index in [4.69, 9.17) is 4.74 Å². The van der Waals surface area contributed by atoms with Gasteiger partial charge in [-0.05, 0) is 30.5 Å². The number of ether oxygens (including phenoxy) is 1. The third kappa shape index (κ3) is 3.31. The zero-order valence-electron chi connectivity index (χ0n) is 12.1. The van der Waals surface area contributed by atoms with E-state index in [1.165, 1.54) is 11.0 Å². The van der Waals surface area contributed by atoms with Gasteiger partial charge in [0, 0.05) is 6.54 Å². The van der Waals surface area contributed by atoms with Gasteiger partial charge in [-0.15, -0.1) is 0 Å². The fraction of sp³-hybridized carbons (Fsp3) is 0.533. The summed E-state index contributed by atoms with van der Waals surface area (Å²) in [4.78, 5) is 13.3. The van der Waals surface area contributed by atoms with Crippen LogP contribution in [0.1, 0.15) is 31.9 Å². The van der Waals surface area contributed by atoms with Gasteiger partial charge in [0.25, 0.3) is 0 Å². The number of carbonyl (C=O) groups is 1. The monoisotopic (exact) mass is 301 g/mol. The number of hydrogen-bond acceptors (Lipinski definition) is 2. The molecule has 1 aliphatic heterocycles. The Bertz CT molecular complexity index is 528. The molecule has 1 aromatic rings. The SMILES string of the molecule is CC(C)C1OC(=O)N(Cc2cccc(C(F)(F)F)c2)[C@@H]1C. The molecule has 1 aromatic carbocycles. The maximum Gasteiger partial charge on any atom is 0.416 e. The summed E-state index contributed by atoms with van der Waals surface area (Å²) >= 11 is 0. The second-order valence-corrected chi connectivity index (χ2v) is 5.66. The largest absolute Gasteiger partial charge is 0.444 e. The zero-order valence-corrected chi connectivity index (χ0v) is 12.1. The predicted molar refractivity (Wildman–Crippen MR) is 71.6 cm³/mol. The maximum atomic E-state index is 12.7. The molecule has 0 radical (unpaired) electrons. The number of benzene rings is 1. The van der Waals surface area contributed by atoms with E-state index in [0.29, 0.717) is 5.56 Å². The van der Waals surface area contributed by atoms with Crippen molar-refractivity contribution in [3.8, 4) is 0 Å². The second-order valence-electron chi connectivity index (χ2n) is 5.66. The molecule has 0 aliphatic carbocycles. The van der Waals surface area contributed by atoms with Crippen LogP contribution in [0.3, 0.4) is 0 Å². The Morgan fingerprint density at radius 3 is 2.52 bits per heavy atom. The quantitative estimate of drug-likeness (QED) is 0.842. The van der Waals surface area contributed by atoms with E-state index in [0.717, 1.165) is 12.1 Å². The highest BCUT2D eigenvalue weighted by atomic mass is 19.4. The molecule has 1 fully saturated rings. The van der Waals surface area contributed by atoms with Gasteiger partial charge in [0.2, 0.25) is 0 Å². The topological polar surface area (TPSA) is 29.5 Å². The summed E-state index contributed by atoms with van der Waals surface area (Å²) < 4.78 is 43.4. The minimum absolute atomic E-state index is 0.118. The lowest BCUT2D eigenvalue weighted by atomic mass is 10.0. The molecule has 1 heterocycles. The van der Waals surface area contributed by atoms with Crippen molar-refractivity contribution >= 4 is 6.09 Å². The number of alkyl halides is 3. The Labute approximate surface area is 121 Å². The molecule has 21 heavy (non-hydrogen) atoms. The first-order valence-corrected chi connectivity index (χ1v) is 6.83. The van der Waals surface area contributed by atoms with Crippen molar-refractivity contribution in [3.05, 3.63) is 35.4 Å². The fourth-order valence-corrected chi connectivity index (χ4v) is 2.57. The summed E-state index contributed by atoms with van der Waals surface area (Å²) in [5, 5.41) is 0. The summed E-state index contributed by atoms with van der Waals surface area (Å²) in [7, 11) is 0. The first-order valence-electron chi connectivity index (χ1n) is 6.83. The standard InChI is InChI=1S/C15H18F3NO2/c1-9(2)13-10(3)19(14(20)21-13)8-11-5-4-6-12(7-11)15(16,17)18/h4-7,9-10,13H,8H2,1-3H3/t10-,13?/m1/s1. The molecule has 0 N–H and O–H groups in total. The average Bonchev–Trinajstić information content (AvgIpc) is 2.66. The Morgan fingerprint density at radius 1 is 1.33 bits per heavy atom. The van der Waals surface area contributed by atoms with Crippen molar-refractivity contribution in [2.45, 2.75) is 45.6 Å². The van der Waals surface area contributed by atoms with E-state index in [2.05, 4.69) is 0 Å². The highest BCUT2D eigenvalue weighted by molar-refractivity contribution is 5.70. The molecule has 2 atom stereocenters. The van der Waals surface area contributed by atoms with Gasteiger partial charge in [-0.1, -0.05) is 26.0 Å². The Balaban J connectivity index is 2.17. The Kier molecular flexibility index (Phi) is 4.16. The van der Waals surface area contributed by atoms with Crippen LogP contribution in [0, 0.1) is 5.92 Å². The van der Waals surface area contributed by atoms with Crippen LogP contribution in [-0.2, 0) is 17.5 Å². The van der Waals surface area contributed by atoms with Crippen molar-refractivity contribution in [2.24, 2.45) is 5.92 Å². The van der Waals surface area contributed by atoms with Crippen LogP contribution in [0.25, 0.3) is 0 Å². The third-order valence-electron chi connectivity index (χ3n) is 3.70. The molecule has 0 saturated carbocycles.